The van der Waals surface area contributed by atoms with Gasteiger partial charge in [0.05, 0.1) is 19.3 Å². The van der Waals surface area contributed by atoms with Gasteiger partial charge in [-0.2, -0.15) is 0 Å². The Bertz CT molecular complexity index is 436. The molecule has 1 aromatic rings. The summed E-state index contributed by atoms with van der Waals surface area (Å²) in [4.78, 5) is 15.5. The van der Waals surface area contributed by atoms with Crippen LogP contribution in [0.2, 0.25) is 0 Å². The van der Waals surface area contributed by atoms with Crippen LogP contribution in [0.4, 0.5) is 4.79 Å². The van der Waals surface area contributed by atoms with Crippen LogP contribution >= 0.6 is 11.3 Å². The quantitative estimate of drug-likeness (QED) is 0.928. The van der Waals surface area contributed by atoms with Crippen molar-refractivity contribution in [1.82, 2.24) is 10.2 Å². The van der Waals surface area contributed by atoms with Crippen molar-refractivity contribution in [3.05, 3.63) is 22.4 Å². The summed E-state index contributed by atoms with van der Waals surface area (Å²) in [6.45, 7) is 9.41. The first-order valence-corrected chi connectivity index (χ1v) is 8.16. The Morgan fingerprint density at radius 2 is 2.19 bits per heavy atom. The van der Waals surface area contributed by atoms with E-state index in [4.69, 9.17) is 9.47 Å². The van der Waals surface area contributed by atoms with Crippen molar-refractivity contribution in [1.29, 1.82) is 0 Å². The zero-order valence-corrected chi connectivity index (χ0v) is 13.7. The number of nitrogens with zero attached hydrogens (tertiary/aromatic N) is 1. The minimum Gasteiger partial charge on any atom is -0.444 e. The largest absolute Gasteiger partial charge is 0.444 e. The third-order valence-corrected chi connectivity index (χ3v) is 4.17. The van der Waals surface area contributed by atoms with Crippen LogP contribution in [-0.2, 0) is 9.47 Å². The van der Waals surface area contributed by atoms with Gasteiger partial charge in [-0.05, 0) is 32.2 Å². The third-order valence-electron chi connectivity index (χ3n) is 3.20. The van der Waals surface area contributed by atoms with E-state index in [0.717, 1.165) is 26.3 Å². The smallest absolute Gasteiger partial charge is 0.407 e. The second-order valence-corrected chi connectivity index (χ2v) is 7.04. The molecule has 21 heavy (non-hydrogen) atoms. The summed E-state index contributed by atoms with van der Waals surface area (Å²) in [7, 11) is 0. The highest BCUT2D eigenvalue weighted by atomic mass is 32.1. The van der Waals surface area contributed by atoms with E-state index in [2.05, 4.69) is 21.7 Å². The zero-order valence-electron chi connectivity index (χ0n) is 12.9. The molecule has 2 heterocycles. The van der Waals surface area contributed by atoms with Gasteiger partial charge < -0.3 is 14.8 Å². The molecule has 1 aromatic heterocycles. The van der Waals surface area contributed by atoms with Crippen LogP contribution in [0.25, 0.3) is 0 Å². The molecule has 6 heteroatoms. The normalized spacial score (nSPS) is 18.2. The fraction of sp³-hybridized carbons (Fsp3) is 0.667. The predicted octanol–water partition coefficient (Wildman–Crippen LogP) is 2.65. The van der Waals surface area contributed by atoms with Crippen molar-refractivity contribution in [2.45, 2.75) is 32.4 Å². The first kappa shape index (κ1) is 16.3. The Morgan fingerprint density at radius 3 is 2.76 bits per heavy atom. The summed E-state index contributed by atoms with van der Waals surface area (Å²) < 4.78 is 10.7. The number of thiophene rings is 1. The van der Waals surface area contributed by atoms with Crippen molar-refractivity contribution in [2.75, 3.05) is 32.8 Å². The number of carbonyl (C=O) groups is 1. The molecular formula is C15H24N2O3S. The summed E-state index contributed by atoms with van der Waals surface area (Å²) in [5, 5.41) is 4.95. The molecule has 0 aliphatic carbocycles. The van der Waals surface area contributed by atoms with Crippen LogP contribution in [0.3, 0.4) is 0 Å². The molecular weight excluding hydrogens is 288 g/mol. The zero-order chi connectivity index (χ0) is 15.3. The van der Waals surface area contributed by atoms with E-state index in [0.29, 0.717) is 6.54 Å². The number of rotatable bonds is 4. The van der Waals surface area contributed by atoms with Crippen molar-refractivity contribution >= 4 is 17.4 Å². The number of alkyl carbamates (subject to hydrolysis) is 1. The lowest BCUT2D eigenvalue weighted by Crippen LogP contribution is -2.44. The molecule has 0 bridgehead atoms. The molecule has 1 unspecified atom stereocenters. The maximum Gasteiger partial charge on any atom is 0.407 e. The predicted molar refractivity (Wildman–Crippen MR) is 83.7 cm³/mol. The van der Waals surface area contributed by atoms with Gasteiger partial charge in [-0.3, -0.25) is 4.90 Å². The SMILES string of the molecule is CC(C)(C)OC(=O)NCC(c1cccs1)N1CCOCC1. The molecule has 1 N–H and O–H groups in total. The van der Waals surface area contributed by atoms with Gasteiger partial charge in [-0.15, -0.1) is 11.3 Å². The van der Waals surface area contributed by atoms with E-state index in [-0.39, 0.29) is 12.1 Å². The maximum atomic E-state index is 11.8. The molecule has 0 aromatic carbocycles. The lowest BCUT2D eigenvalue weighted by Gasteiger charge is -2.34. The molecule has 0 radical (unpaired) electrons. The van der Waals surface area contributed by atoms with E-state index in [9.17, 15) is 4.79 Å². The molecule has 0 spiro atoms. The van der Waals surface area contributed by atoms with Gasteiger partial charge in [0, 0.05) is 24.5 Å². The number of amides is 1. The molecule has 2 rings (SSSR count). The lowest BCUT2D eigenvalue weighted by atomic mass is 10.2. The van der Waals surface area contributed by atoms with E-state index >= 15 is 0 Å². The monoisotopic (exact) mass is 312 g/mol. The minimum absolute atomic E-state index is 0.182. The van der Waals surface area contributed by atoms with Crippen LogP contribution in [0, 0.1) is 0 Å². The van der Waals surface area contributed by atoms with Crippen molar-refractivity contribution < 1.29 is 14.3 Å². The molecule has 1 atom stereocenters. The Balaban J connectivity index is 1.95. The molecule has 1 aliphatic rings. The average molecular weight is 312 g/mol. The maximum absolute atomic E-state index is 11.8. The Kier molecular flexibility index (Phi) is 5.61. The number of morpholine rings is 1. The van der Waals surface area contributed by atoms with Gasteiger partial charge in [0.15, 0.2) is 0 Å². The summed E-state index contributed by atoms with van der Waals surface area (Å²) in [5.41, 5.74) is -0.471. The average Bonchev–Trinajstić information content (AvgIpc) is 2.92. The van der Waals surface area contributed by atoms with Gasteiger partial charge in [-0.25, -0.2) is 4.79 Å². The third kappa shape index (κ3) is 5.30. The Labute approximate surface area is 130 Å². The van der Waals surface area contributed by atoms with Crippen molar-refractivity contribution in [3.8, 4) is 0 Å². The highest BCUT2D eigenvalue weighted by Gasteiger charge is 2.25. The van der Waals surface area contributed by atoms with Crippen molar-refractivity contribution in [3.63, 3.8) is 0 Å². The van der Waals surface area contributed by atoms with Gasteiger partial charge in [0.25, 0.3) is 0 Å². The van der Waals surface area contributed by atoms with E-state index in [1.54, 1.807) is 11.3 Å². The van der Waals surface area contributed by atoms with Gasteiger partial charge in [0.1, 0.15) is 5.60 Å². The first-order chi connectivity index (χ1) is 9.96. The highest BCUT2D eigenvalue weighted by Crippen LogP contribution is 2.25. The summed E-state index contributed by atoms with van der Waals surface area (Å²) in [5.74, 6) is 0. The fourth-order valence-electron chi connectivity index (χ4n) is 2.27. The van der Waals surface area contributed by atoms with Crippen LogP contribution in [0.5, 0.6) is 0 Å². The molecule has 1 fully saturated rings. The molecule has 5 nitrogen and oxygen atoms in total. The lowest BCUT2D eigenvalue weighted by molar-refractivity contribution is 0.0147. The van der Waals surface area contributed by atoms with Crippen LogP contribution in [-0.4, -0.2) is 49.4 Å². The number of carbonyl (C=O) groups excluding carboxylic acids is 1. The number of hydrogen-bond donors (Lipinski definition) is 1. The Hall–Kier alpha value is -1.11. The van der Waals surface area contributed by atoms with Gasteiger partial charge >= 0.3 is 6.09 Å². The van der Waals surface area contributed by atoms with Gasteiger partial charge in [-0.1, -0.05) is 6.07 Å². The standard InChI is InChI=1S/C15H24N2O3S/c1-15(2,3)20-14(18)16-11-12(13-5-4-10-21-13)17-6-8-19-9-7-17/h4-5,10,12H,6-9,11H2,1-3H3,(H,16,18). The van der Waals surface area contributed by atoms with Crippen molar-refractivity contribution in [2.24, 2.45) is 0 Å². The van der Waals surface area contributed by atoms with Crippen LogP contribution in [0.1, 0.15) is 31.7 Å². The number of hydrogen-bond acceptors (Lipinski definition) is 5. The second kappa shape index (κ2) is 7.24. The molecule has 118 valence electrons. The minimum atomic E-state index is -0.471. The molecule has 1 saturated heterocycles. The Morgan fingerprint density at radius 1 is 1.48 bits per heavy atom. The second-order valence-electron chi connectivity index (χ2n) is 6.06. The highest BCUT2D eigenvalue weighted by molar-refractivity contribution is 7.10. The van der Waals surface area contributed by atoms with Crippen LogP contribution in [0.15, 0.2) is 17.5 Å². The number of nitrogens with one attached hydrogen (secondary N) is 1. The van der Waals surface area contributed by atoms with E-state index in [1.807, 2.05) is 26.8 Å². The molecule has 1 aliphatic heterocycles. The topological polar surface area (TPSA) is 50.8 Å². The summed E-state index contributed by atoms with van der Waals surface area (Å²) >= 11 is 1.71. The number of ether oxygens (including phenoxy) is 2. The van der Waals surface area contributed by atoms with Crippen LogP contribution < -0.4 is 5.32 Å². The van der Waals surface area contributed by atoms with E-state index in [1.165, 1.54) is 4.88 Å². The van der Waals surface area contributed by atoms with Gasteiger partial charge in [0.2, 0.25) is 0 Å². The van der Waals surface area contributed by atoms with E-state index < -0.39 is 5.60 Å². The first-order valence-electron chi connectivity index (χ1n) is 7.28. The molecule has 0 saturated carbocycles. The summed E-state index contributed by atoms with van der Waals surface area (Å²) in [6, 6.07) is 4.34. The summed E-state index contributed by atoms with van der Waals surface area (Å²) in [6.07, 6.45) is -0.364. The fourth-order valence-corrected chi connectivity index (χ4v) is 3.13. The molecule has 1 amide bonds.